The Morgan fingerprint density at radius 2 is 1.70 bits per heavy atom. The van der Waals surface area contributed by atoms with Crippen LogP contribution in [0.5, 0.6) is 5.75 Å². The Balaban J connectivity index is 1.66. The molecule has 2 nitrogen and oxygen atoms in total. The maximum atomic E-state index is 9.19. The van der Waals surface area contributed by atoms with E-state index in [1.807, 2.05) is 36.4 Å². The third kappa shape index (κ3) is 5.08. The highest BCUT2D eigenvalue weighted by Crippen LogP contribution is 2.10. The zero-order valence-corrected chi connectivity index (χ0v) is 12.0. The van der Waals surface area contributed by atoms with Crippen molar-refractivity contribution in [3.63, 3.8) is 0 Å². The van der Waals surface area contributed by atoms with Gasteiger partial charge in [-0.05, 0) is 48.4 Å². The van der Waals surface area contributed by atoms with Crippen LogP contribution in [-0.4, -0.2) is 18.2 Å². The molecular weight excluding hydrogens is 270 g/mol. The fraction of sp³-hybridized carbons (Fsp3) is 0.176. The van der Waals surface area contributed by atoms with Gasteiger partial charge in [-0.15, -0.1) is 0 Å². The highest BCUT2D eigenvalue weighted by Gasteiger charge is 1.93. The van der Waals surface area contributed by atoms with E-state index in [9.17, 15) is 5.11 Å². The Morgan fingerprint density at radius 1 is 1.00 bits per heavy atom. The smallest absolute Gasteiger partial charge is 0.115 e. The lowest BCUT2D eigenvalue weighted by atomic mass is 10.1. The summed E-state index contributed by atoms with van der Waals surface area (Å²) in [5, 5.41) is 13.3. The molecule has 0 saturated heterocycles. The molecule has 2 N–H and O–H groups in total. The van der Waals surface area contributed by atoms with E-state index in [4.69, 9.17) is 11.6 Å². The quantitative estimate of drug-likeness (QED) is 0.790. The summed E-state index contributed by atoms with van der Waals surface area (Å²) in [5.74, 6) is 0.313. The van der Waals surface area contributed by atoms with Gasteiger partial charge in [-0.25, -0.2) is 0 Å². The van der Waals surface area contributed by atoms with E-state index in [0.717, 1.165) is 30.1 Å². The van der Waals surface area contributed by atoms with Gasteiger partial charge in [0, 0.05) is 11.6 Å². The molecular formula is C17H18ClNO. The molecule has 104 valence electrons. The summed E-state index contributed by atoms with van der Waals surface area (Å²) in [6, 6.07) is 15.1. The molecule has 0 amide bonds. The van der Waals surface area contributed by atoms with Crippen LogP contribution in [0, 0.1) is 0 Å². The molecule has 0 aliphatic carbocycles. The Morgan fingerprint density at radius 3 is 2.40 bits per heavy atom. The largest absolute Gasteiger partial charge is 0.508 e. The minimum absolute atomic E-state index is 0.313. The topological polar surface area (TPSA) is 32.3 Å². The molecule has 0 aliphatic rings. The summed E-state index contributed by atoms with van der Waals surface area (Å²) in [4.78, 5) is 0. The molecule has 2 aromatic carbocycles. The van der Waals surface area contributed by atoms with Crippen LogP contribution in [0.25, 0.3) is 6.08 Å². The van der Waals surface area contributed by atoms with Crippen LogP contribution < -0.4 is 5.32 Å². The average Bonchev–Trinajstić information content (AvgIpc) is 2.46. The van der Waals surface area contributed by atoms with Crippen LogP contribution in [0.3, 0.4) is 0 Å². The highest BCUT2D eigenvalue weighted by molar-refractivity contribution is 6.30. The summed E-state index contributed by atoms with van der Waals surface area (Å²) in [5.41, 5.74) is 2.37. The van der Waals surface area contributed by atoms with E-state index >= 15 is 0 Å². The van der Waals surface area contributed by atoms with Crippen molar-refractivity contribution in [2.24, 2.45) is 0 Å². The molecule has 2 aromatic rings. The summed E-state index contributed by atoms with van der Waals surface area (Å²) < 4.78 is 0. The number of hydrogen-bond acceptors (Lipinski definition) is 2. The fourth-order valence-corrected chi connectivity index (χ4v) is 1.98. The minimum atomic E-state index is 0.313. The van der Waals surface area contributed by atoms with Gasteiger partial charge < -0.3 is 10.4 Å². The number of nitrogens with one attached hydrogen (secondary N) is 1. The Hall–Kier alpha value is -1.77. The van der Waals surface area contributed by atoms with Crippen molar-refractivity contribution in [1.29, 1.82) is 0 Å². The molecule has 0 spiro atoms. The van der Waals surface area contributed by atoms with Gasteiger partial charge in [-0.3, -0.25) is 0 Å². The van der Waals surface area contributed by atoms with Crippen molar-refractivity contribution in [2.45, 2.75) is 6.42 Å². The number of phenolic OH excluding ortho intramolecular Hbond substituents is 1. The predicted octanol–water partition coefficient (Wildman–Crippen LogP) is 3.89. The lowest BCUT2D eigenvalue weighted by molar-refractivity contribution is 0.475. The zero-order valence-electron chi connectivity index (χ0n) is 11.2. The van der Waals surface area contributed by atoms with E-state index in [1.165, 1.54) is 5.56 Å². The lowest BCUT2D eigenvalue weighted by Crippen LogP contribution is -2.16. The summed E-state index contributed by atoms with van der Waals surface area (Å²) in [6.07, 6.45) is 5.12. The van der Waals surface area contributed by atoms with E-state index in [0.29, 0.717) is 5.75 Å². The normalized spacial score (nSPS) is 11.1. The van der Waals surface area contributed by atoms with Crippen molar-refractivity contribution in [3.05, 3.63) is 70.8 Å². The SMILES string of the molecule is Oc1ccc(CCNCC=Cc2ccc(Cl)cc2)cc1. The van der Waals surface area contributed by atoms with Crippen molar-refractivity contribution in [3.8, 4) is 5.75 Å². The molecule has 0 saturated carbocycles. The van der Waals surface area contributed by atoms with Crippen LogP contribution in [0.15, 0.2) is 54.6 Å². The predicted molar refractivity (Wildman–Crippen MR) is 85.2 cm³/mol. The minimum Gasteiger partial charge on any atom is -0.508 e. The van der Waals surface area contributed by atoms with E-state index < -0.39 is 0 Å². The first-order valence-corrected chi connectivity index (χ1v) is 7.02. The fourth-order valence-electron chi connectivity index (χ4n) is 1.85. The van der Waals surface area contributed by atoms with Crippen LogP contribution in [0.1, 0.15) is 11.1 Å². The monoisotopic (exact) mass is 287 g/mol. The van der Waals surface area contributed by atoms with E-state index in [-0.39, 0.29) is 0 Å². The van der Waals surface area contributed by atoms with Crippen molar-refractivity contribution < 1.29 is 5.11 Å². The maximum absolute atomic E-state index is 9.19. The van der Waals surface area contributed by atoms with Gasteiger partial charge in [-0.2, -0.15) is 0 Å². The Labute approximate surface area is 124 Å². The first kappa shape index (κ1) is 14.6. The van der Waals surface area contributed by atoms with Gasteiger partial charge in [-0.1, -0.05) is 48.0 Å². The third-order valence-corrected chi connectivity index (χ3v) is 3.22. The number of benzene rings is 2. The number of aromatic hydroxyl groups is 1. The average molecular weight is 288 g/mol. The van der Waals surface area contributed by atoms with Crippen LogP contribution >= 0.6 is 11.6 Å². The molecule has 0 bridgehead atoms. The second-order valence-electron chi connectivity index (χ2n) is 4.57. The zero-order chi connectivity index (χ0) is 14.2. The molecule has 2 rings (SSSR count). The molecule has 0 fully saturated rings. The second kappa shape index (κ2) is 7.73. The van der Waals surface area contributed by atoms with Crippen LogP contribution in [0.2, 0.25) is 5.02 Å². The molecule has 0 heterocycles. The Bertz CT molecular complexity index is 546. The molecule has 0 aliphatic heterocycles. The summed E-state index contributed by atoms with van der Waals surface area (Å²) in [6.45, 7) is 1.75. The number of rotatable bonds is 6. The molecule has 0 atom stereocenters. The van der Waals surface area contributed by atoms with Gasteiger partial charge in [0.05, 0.1) is 0 Å². The van der Waals surface area contributed by atoms with Gasteiger partial charge in [0.25, 0.3) is 0 Å². The van der Waals surface area contributed by atoms with Crippen molar-refractivity contribution >= 4 is 17.7 Å². The van der Waals surface area contributed by atoms with Crippen molar-refractivity contribution in [2.75, 3.05) is 13.1 Å². The lowest BCUT2D eigenvalue weighted by Gasteiger charge is -2.02. The first-order valence-electron chi connectivity index (χ1n) is 6.65. The molecule has 3 heteroatoms. The van der Waals surface area contributed by atoms with E-state index in [1.54, 1.807) is 12.1 Å². The second-order valence-corrected chi connectivity index (χ2v) is 5.01. The number of phenols is 1. The summed E-state index contributed by atoms with van der Waals surface area (Å²) in [7, 11) is 0. The summed E-state index contributed by atoms with van der Waals surface area (Å²) >= 11 is 5.83. The van der Waals surface area contributed by atoms with Gasteiger partial charge >= 0.3 is 0 Å². The number of hydrogen-bond donors (Lipinski definition) is 2. The number of halogens is 1. The molecule has 0 unspecified atom stereocenters. The Kier molecular flexibility index (Phi) is 5.66. The van der Waals surface area contributed by atoms with Gasteiger partial charge in [0.2, 0.25) is 0 Å². The standard InChI is InChI=1S/C17H18ClNO/c18-16-7-3-14(4-8-16)2-1-12-19-13-11-15-5-9-17(20)10-6-15/h1-10,19-20H,11-13H2. The van der Waals surface area contributed by atoms with Gasteiger partial charge in [0.15, 0.2) is 0 Å². The first-order chi connectivity index (χ1) is 9.74. The highest BCUT2D eigenvalue weighted by atomic mass is 35.5. The molecule has 0 aromatic heterocycles. The van der Waals surface area contributed by atoms with Crippen LogP contribution in [-0.2, 0) is 6.42 Å². The van der Waals surface area contributed by atoms with Gasteiger partial charge in [0.1, 0.15) is 5.75 Å². The van der Waals surface area contributed by atoms with Crippen LogP contribution in [0.4, 0.5) is 0 Å². The molecule has 20 heavy (non-hydrogen) atoms. The maximum Gasteiger partial charge on any atom is 0.115 e. The third-order valence-electron chi connectivity index (χ3n) is 2.97. The van der Waals surface area contributed by atoms with E-state index in [2.05, 4.69) is 17.5 Å². The van der Waals surface area contributed by atoms with Crippen molar-refractivity contribution in [1.82, 2.24) is 5.32 Å². The molecule has 0 radical (unpaired) electrons.